The van der Waals surface area contributed by atoms with Crippen molar-refractivity contribution in [1.29, 1.82) is 0 Å². The molecule has 0 spiro atoms. The zero-order valence-electron chi connectivity index (χ0n) is 14.0. The fourth-order valence-corrected chi connectivity index (χ4v) is 2.58. The summed E-state index contributed by atoms with van der Waals surface area (Å²) in [6.07, 6.45) is 5.37. The van der Waals surface area contributed by atoms with Crippen LogP contribution in [0, 0.1) is 6.92 Å². The number of aryl methyl sites for hydroxylation is 1. The van der Waals surface area contributed by atoms with Gasteiger partial charge in [-0.15, -0.1) is 0 Å². The van der Waals surface area contributed by atoms with Gasteiger partial charge in [0, 0.05) is 23.9 Å². The first-order valence-electron chi connectivity index (χ1n) is 8.30. The highest BCUT2D eigenvalue weighted by molar-refractivity contribution is 5.91. The summed E-state index contributed by atoms with van der Waals surface area (Å²) < 4.78 is 5.73. The summed E-state index contributed by atoms with van der Waals surface area (Å²) in [5, 5.41) is 2.97. The van der Waals surface area contributed by atoms with Gasteiger partial charge in [0.15, 0.2) is 11.2 Å². The maximum Gasteiger partial charge on any atom is 0.228 e. The number of rotatable bonds is 6. The average molecular weight is 323 g/mol. The van der Waals surface area contributed by atoms with Crippen LogP contribution in [0.4, 0.5) is 5.69 Å². The Morgan fingerprint density at radius 3 is 2.88 bits per heavy atom. The minimum Gasteiger partial charge on any atom is -0.434 e. The Morgan fingerprint density at radius 2 is 2.12 bits per heavy atom. The number of carbonyl (C=O) groups excluding carboxylic acids is 1. The second-order valence-electron chi connectivity index (χ2n) is 5.88. The molecule has 1 aromatic carbocycles. The van der Waals surface area contributed by atoms with E-state index in [0.717, 1.165) is 36.1 Å². The van der Waals surface area contributed by atoms with Gasteiger partial charge in [-0.3, -0.25) is 4.79 Å². The Labute approximate surface area is 141 Å². The van der Waals surface area contributed by atoms with Gasteiger partial charge in [0.05, 0.1) is 0 Å². The summed E-state index contributed by atoms with van der Waals surface area (Å²) in [6, 6.07) is 9.42. The van der Waals surface area contributed by atoms with Gasteiger partial charge >= 0.3 is 0 Å². The zero-order chi connectivity index (χ0) is 16.9. The van der Waals surface area contributed by atoms with E-state index in [2.05, 4.69) is 22.2 Å². The lowest BCUT2D eigenvalue weighted by Crippen LogP contribution is -2.12. The molecule has 0 radical (unpaired) electrons. The fourth-order valence-electron chi connectivity index (χ4n) is 2.58. The number of pyridine rings is 1. The van der Waals surface area contributed by atoms with Crippen LogP contribution in [0.2, 0.25) is 0 Å². The largest absolute Gasteiger partial charge is 0.434 e. The number of fused-ring (bicyclic) bond motifs is 1. The summed E-state index contributed by atoms with van der Waals surface area (Å²) in [6.45, 7) is 4.09. The Bertz CT molecular complexity index is 822. The second kappa shape index (κ2) is 7.25. The third-order valence-electron chi connectivity index (χ3n) is 3.92. The van der Waals surface area contributed by atoms with Crippen LogP contribution in [0.5, 0.6) is 0 Å². The van der Waals surface area contributed by atoms with Crippen LogP contribution in [0.25, 0.3) is 22.7 Å². The lowest BCUT2D eigenvalue weighted by Gasteiger charge is -2.09. The molecule has 3 aromatic rings. The zero-order valence-corrected chi connectivity index (χ0v) is 14.0. The molecule has 0 atom stereocenters. The Hall–Kier alpha value is -2.69. The van der Waals surface area contributed by atoms with Gasteiger partial charge in [-0.1, -0.05) is 19.8 Å². The van der Waals surface area contributed by atoms with Gasteiger partial charge in [-0.05, 0) is 49.2 Å². The number of hydrogen-bond acceptors (Lipinski definition) is 4. The number of hydrogen-bond donors (Lipinski definition) is 1. The lowest BCUT2D eigenvalue weighted by molar-refractivity contribution is -0.116. The number of amides is 1. The number of nitrogens with one attached hydrogen (secondary N) is 1. The molecule has 24 heavy (non-hydrogen) atoms. The van der Waals surface area contributed by atoms with Crippen molar-refractivity contribution in [3.8, 4) is 11.5 Å². The number of benzene rings is 1. The number of nitrogens with zero attached hydrogens (tertiary/aromatic N) is 2. The molecule has 0 bridgehead atoms. The Balaban J connectivity index is 1.75. The van der Waals surface area contributed by atoms with E-state index < -0.39 is 0 Å². The minimum absolute atomic E-state index is 0.0605. The van der Waals surface area contributed by atoms with Crippen molar-refractivity contribution in [1.82, 2.24) is 9.97 Å². The van der Waals surface area contributed by atoms with Crippen LogP contribution >= 0.6 is 0 Å². The molecule has 3 rings (SSSR count). The molecule has 1 N–H and O–H groups in total. The molecule has 0 aliphatic rings. The van der Waals surface area contributed by atoms with Crippen LogP contribution in [-0.4, -0.2) is 15.9 Å². The normalized spacial score (nSPS) is 10.9. The predicted octanol–water partition coefficient (Wildman–Crippen LogP) is 4.72. The molecule has 0 saturated carbocycles. The first kappa shape index (κ1) is 16.2. The van der Waals surface area contributed by atoms with Crippen LogP contribution in [0.3, 0.4) is 0 Å². The molecule has 2 heterocycles. The van der Waals surface area contributed by atoms with Crippen molar-refractivity contribution < 1.29 is 9.21 Å². The van der Waals surface area contributed by atoms with E-state index in [1.807, 2.05) is 37.3 Å². The van der Waals surface area contributed by atoms with Gasteiger partial charge in [-0.2, -0.15) is 4.98 Å². The number of carbonyl (C=O) groups is 1. The highest BCUT2D eigenvalue weighted by Crippen LogP contribution is 2.26. The van der Waals surface area contributed by atoms with Crippen LogP contribution < -0.4 is 5.32 Å². The number of aromatic nitrogens is 2. The van der Waals surface area contributed by atoms with Crippen molar-refractivity contribution >= 4 is 22.8 Å². The smallest absolute Gasteiger partial charge is 0.228 e. The third kappa shape index (κ3) is 3.62. The highest BCUT2D eigenvalue weighted by atomic mass is 16.3. The topological polar surface area (TPSA) is 68.0 Å². The van der Waals surface area contributed by atoms with E-state index >= 15 is 0 Å². The summed E-state index contributed by atoms with van der Waals surface area (Å²) in [7, 11) is 0. The first-order chi connectivity index (χ1) is 11.7. The van der Waals surface area contributed by atoms with E-state index in [0.29, 0.717) is 23.5 Å². The summed E-state index contributed by atoms with van der Waals surface area (Å²) in [5.41, 5.74) is 3.94. The van der Waals surface area contributed by atoms with Crippen LogP contribution in [0.1, 0.15) is 38.2 Å². The van der Waals surface area contributed by atoms with Crippen LogP contribution in [-0.2, 0) is 4.79 Å². The third-order valence-corrected chi connectivity index (χ3v) is 3.92. The van der Waals surface area contributed by atoms with Gasteiger partial charge in [0.25, 0.3) is 0 Å². The molecular formula is C19H21N3O2. The van der Waals surface area contributed by atoms with E-state index in [-0.39, 0.29) is 5.91 Å². The van der Waals surface area contributed by atoms with Crippen molar-refractivity contribution in [2.75, 3.05) is 5.32 Å². The van der Waals surface area contributed by atoms with Gasteiger partial charge < -0.3 is 9.73 Å². The van der Waals surface area contributed by atoms with Crippen molar-refractivity contribution in [3.05, 3.63) is 42.1 Å². The standard InChI is InChI=1S/C19H21N3O2/c1-3-4-5-8-17(23)21-15-10-9-14(12-13(15)2)19-22-18-16(24-19)7-6-11-20-18/h6-7,9-12H,3-5,8H2,1-2H3,(H,21,23). The molecule has 5 heteroatoms. The van der Waals surface area contributed by atoms with Gasteiger partial charge in [0.2, 0.25) is 11.8 Å². The fraction of sp³-hybridized carbons (Fsp3) is 0.316. The molecule has 1 amide bonds. The van der Waals surface area contributed by atoms with Crippen molar-refractivity contribution in [2.24, 2.45) is 0 Å². The summed E-state index contributed by atoms with van der Waals surface area (Å²) in [4.78, 5) is 20.5. The number of oxazole rings is 1. The summed E-state index contributed by atoms with van der Waals surface area (Å²) in [5.74, 6) is 0.595. The molecule has 0 aliphatic carbocycles. The van der Waals surface area contributed by atoms with Crippen LogP contribution in [0.15, 0.2) is 40.9 Å². The van der Waals surface area contributed by atoms with E-state index in [1.54, 1.807) is 6.20 Å². The molecule has 0 unspecified atom stereocenters. The first-order valence-corrected chi connectivity index (χ1v) is 8.30. The quantitative estimate of drug-likeness (QED) is 0.667. The van der Waals surface area contributed by atoms with Gasteiger partial charge in [-0.25, -0.2) is 4.98 Å². The molecule has 0 aliphatic heterocycles. The maximum absolute atomic E-state index is 12.0. The molecule has 124 valence electrons. The van der Waals surface area contributed by atoms with Gasteiger partial charge in [0.1, 0.15) is 0 Å². The van der Waals surface area contributed by atoms with E-state index in [9.17, 15) is 4.79 Å². The second-order valence-corrected chi connectivity index (χ2v) is 5.88. The van der Waals surface area contributed by atoms with E-state index in [4.69, 9.17) is 4.42 Å². The number of unbranched alkanes of at least 4 members (excludes halogenated alkanes) is 2. The SMILES string of the molecule is CCCCCC(=O)Nc1ccc(-c2nc3ncccc3o2)cc1C. The predicted molar refractivity (Wildman–Crippen MR) is 94.7 cm³/mol. The van der Waals surface area contributed by atoms with Crippen molar-refractivity contribution in [2.45, 2.75) is 39.5 Å². The average Bonchev–Trinajstić information content (AvgIpc) is 3.01. The Kier molecular flexibility index (Phi) is 4.89. The molecule has 5 nitrogen and oxygen atoms in total. The molecule has 2 aromatic heterocycles. The van der Waals surface area contributed by atoms with Crippen molar-refractivity contribution in [3.63, 3.8) is 0 Å². The molecule has 0 fully saturated rings. The summed E-state index contributed by atoms with van der Waals surface area (Å²) >= 11 is 0. The monoisotopic (exact) mass is 323 g/mol. The maximum atomic E-state index is 12.0. The molecule has 0 saturated heterocycles. The van der Waals surface area contributed by atoms with E-state index in [1.165, 1.54) is 0 Å². The Morgan fingerprint density at radius 1 is 1.25 bits per heavy atom. The lowest BCUT2D eigenvalue weighted by atomic mass is 10.1. The highest BCUT2D eigenvalue weighted by Gasteiger charge is 2.11. The molecular weight excluding hydrogens is 302 g/mol. The number of anilines is 1. The minimum atomic E-state index is 0.0605.